The average Bonchev–Trinajstić information content (AvgIpc) is 2.19. The summed E-state index contributed by atoms with van der Waals surface area (Å²) in [7, 11) is 0. The molecule has 1 aromatic carbocycles. The molecule has 68 valence electrons. The molecule has 0 aliphatic rings. The first-order valence-corrected chi connectivity index (χ1v) is 4.38. The highest BCUT2D eigenvalue weighted by atomic mass is 16.1. The Morgan fingerprint density at radius 2 is 1.85 bits per heavy atom. The van der Waals surface area contributed by atoms with E-state index in [4.69, 9.17) is 0 Å². The number of rotatable bonds is 3. The van der Waals surface area contributed by atoms with Crippen molar-refractivity contribution >= 4 is 6.29 Å². The summed E-state index contributed by atoms with van der Waals surface area (Å²) in [6.07, 6.45) is 4.79. The Kier molecular flexibility index (Phi) is 3.02. The Labute approximate surface area is 79.1 Å². The fraction of sp³-hybridized carbons (Fsp3) is 0.250. The van der Waals surface area contributed by atoms with Crippen molar-refractivity contribution in [1.29, 1.82) is 0 Å². The molecule has 0 aliphatic heterocycles. The molecule has 0 fully saturated rings. The normalized spacial score (nSPS) is 15.5. The lowest BCUT2D eigenvalue weighted by atomic mass is 9.84. The van der Waals surface area contributed by atoms with Crippen molar-refractivity contribution < 1.29 is 4.79 Å². The van der Waals surface area contributed by atoms with Crippen molar-refractivity contribution in [3.63, 3.8) is 0 Å². The number of allylic oxidation sites excluding steroid dienone is 2. The largest absolute Gasteiger partial charge is 0.302 e. The van der Waals surface area contributed by atoms with Crippen molar-refractivity contribution in [2.45, 2.75) is 19.3 Å². The maximum atomic E-state index is 11.0. The van der Waals surface area contributed by atoms with E-state index in [0.717, 1.165) is 11.8 Å². The molecule has 0 amide bonds. The molecule has 1 heteroatoms. The quantitative estimate of drug-likeness (QED) is 0.508. The standard InChI is InChI=1S/C12H14O/c1-3-9-12(2,10-13)11-7-5-4-6-8-11/h3-10H,1-2H3/b9-3+/t12-/m1/s1. The Bertz CT molecular complexity index is 300. The minimum atomic E-state index is -0.476. The van der Waals surface area contributed by atoms with Gasteiger partial charge in [-0.3, -0.25) is 0 Å². The van der Waals surface area contributed by atoms with Crippen LogP contribution in [0.1, 0.15) is 19.4 Å². The van der Waals surface area contributed by atoms with Crippen LogP contribution in [0.2, 0.25) is 0 Å². The van der Waals surface area contributed by atoms with Crippen LogP contribution in [0.4, 0.5) is 0 Å². The molecular weight excluding hydrogens is 160 g/mol. The molecule has 0 spiro atoms. The number of carbonyl (C=O) groups excluding carboxylic acids is 1. The first kappa shape index (κ1) is 9.72. The monoisotopic (exact) mass is 174 g/mol. The summed E-state index contributed by atoms with van der Waals surface area (Å²) >= 11 is 0. The lowest BCUT2D eigenvalue weighted by Crippen LogP contribution is -2.20. The summed E-state index contributed by atoms with van der Waals surface area (Å²) in [5.41, 5.74) is 0.554. The van der Waals surface area contributed by atoms with Gasteiger partial charge in [-0.2, -0.15) is 0 Å². The van der Waals surface area contributed by atoms with E-state index in [-0.39, 0.29) is 0 Å². The number of hydrogen-bond donors (Lipinski definition) is 0. The van der Waals surface area contributed by atoms with E-state index in [1.807, 2.05) is 56.3 Å². The van der Waals surface area contributed by atoms with Crippen LogP contribution in [0.5, 0.6) is 0 Å². The van der Waals surface area contributed by atoms with Crippen LogP contribution in [0, 0.1) is 0 Å². The van der Waals surface area contributed by atoms with Gasteiger partial charge in [-0.1, -0.05) is 42.5 Å². The van der Waals surface area contributed by atoms with Gasteiger partial charge in [-0.25, -0.2) is 0 Å². The summed E-state index contributed by atoms with van der Waals surface area (Å²) < 4.78 is 0. The molecule has 0 saturated heterocycles. The summed E-state index contributed by atoms with van der Waals surface area (Å²) in [4.78, 5) is 11.0. The molecule has 0 heterocycles. The molecule has 1 rings (SSSR count). The third-order valence-corrected chi connectivity index (χ3v) is 2.15. The fourth-order valence-corrected chi connectivity index (χ4v) is 1.35. The van der Waals surface area contributed by atoms with E-state index in [2.05, 4.69) is 0 Å². The van der Waals surface area contributed by atoms with Crippen molar-refractivity contribution in [3.05, 3.63) is 48.0 Å². The lowest BCUT2D eigenvalue weighted by molar-refractivity contribution is -0.110. The third kappa shape index (κ3) is 2.05. The van der Waals surface area contributed by atoms with Crippen molar-refractivity contribution in [2.75, 3.05) is 0 Å². The van der Waals surface area contributed by atoms with Crippen molar-refractivity contribution in [3.8, 4) is 0 Å². The molecular formula is C12H14O. The zero-order valence-corrected chi connectivity index (χ0v) is 8.03. The van der Waals surface area contributed by atoms with E-state index in [1.54, 1.807) is 0 Å². The molecule has 13 heavy (non-hydrogen) atoms. The van der Waals surface area contributed by atoms with Gasteiger partial charge >= 0.3 is 0 Å². The summed E-state index contributed by atoms with van der Waals surface area (Å²) in [5.74, 6) is 0. The van der Waals surface area contributed by atoms with Gasteiger partial charge in [0.1, 0.15) is 6.29 Å². The Hall–Kier alpha value is -1.37. The molecule has 0 unspecified atom stereocenters. The zero-order valence-electron chi connectivity index (χ0n) is 8.03. The topological polar surface area (TPSA) is 17.1 Å². The molecule has 0 saturated carbocycles. The maximum Gasteiger partial charge on any atom is 0.134 e. The van der Waals surface area contributed by atoms with Crippen LogP contribution in [0.3, 0.4) is 0 Å². The SMILES string of the molecule is C/C=C/[C@](C)(C=O)c1ccccc1. The molecule has 1 nitrogen and oxygen atoms in total. The minimum Gasteiger partial charge on any atom is -0.302 e. The second-order valence-electron chi connectivity index (χ2n) is 3.27. The highest BCUT2D eigenvalue weighted by Crippen LogP contribution is 2.22. The zero-order chi connectivity index (χ0) is 9.73. The van der Waals surface area contributed by atoms with Gasteiger partial charge in [0.15, 0.2) is 0 Å². The number of aldehydes is 1. The predicted octanol–water partition coefficient (Wildman–Crippen LogP) is 2.72. The van der Waals surface area contributed by atoms with Crippen LogP contribution in [-0.4, -0.2) is 6.29 Å². The molecule has 0 radical (unpaired) electrons. The van der Waals surface area contributed by atoms with E-state index in [0.29, 0.717) is 0 Å². The summed E-state index contributed by atoms with van der Waals surface area (Å²) in [6.45, 7) is 3.83. The van der Waals surface area contributed by atoms with Gasteiger partial charge in [-0.05, 0) is 19.4 Å². The lowest BCUT2D eigenvalue weighted by Gasteiger charge is -2.18. The minimum absolute atomic E-state index is 0.476. The van der Waals surface area contributed by atoms with Crippen molar-refractivity contribution in [2.24, 2.45) is 0 Å². The first-order valence-electron chi connectivity index (χ1n) is 4.38. The van der Waals surface area contributed by atoms with Crippen LogP contribution in [0.15, 0.2) is 42.5 Å². The van der Waals surface area contributed by atoms with Gasteiger partial charge < -0.3 is 4.79 Å². The number of carbonyl (C=O) groups is 1. The second-order valence-corrected chi connectivity index (χ2v) is 3.27. The van der Waals surface area contributed by atoms with Crippen molar-refractivity contribution in [1.82, 2.24) is 0 Å². The van der Waals surface area contributed by atoms with E-state index in [1.165, 1.54) is 0 Å². The number of hydrogen-bond acceptors (Lipinski definition) is 1. The Balaban J connectivity index is 3.10. The van der Waals surface area contributed by atoms with Crippen LogP contribution < -0.4 is 0 Å². The van der Waals surface area contributed by atoms with E-state index < -0.39 is 5.41 Å². The average molecular weight is 174 g/mol. The van der Waals surface area contributed by atoms with Crippen LogP contribution in [-0.2, 0) is 10.2 Å². The van der Waals surface area contributed by atoms with E-state index >= 15 is 0 Å². The Morgan fingerprint density at radius 3 is 2.31 bits per heavy atom. The predicted molar refractivity (Wildman–Crippen MR) is 54.7 cm³/mol. The van der Waals surface area contributed by atoms with Gasteiger partial charge in [0, 0.05) is 0 Å². The van der Waals surface area contributed by atoms with Crippen LogP contribution >= 0.6 is 0 Å². The van der Waals surface area contributed by atoms with Gasteiger partial charge in [0.2, 0.25) is 0 Å². The van der Waals surface area contributed by atoms with Gasteiger partial charge in [-0.15, -0.1) is 0 Å². The molecule has 0 N–H and O–H groups in total. The smallest absolute Gasteiger partial charge is 0.134 e. The van der Waals surface area contributed by atoms with E-state index in [9.17, 15) is 4.79 Å². The summed E-state index contributed by atoms with van der Waals surface area (Å²) in [5, 5.41) is 0. The third-order valence-electron chi connectivity index (χ3n) is 2.15. The Morgan fingerprint density at radius 1 is 1.23 bits per heavy atom. The molecule has 1 atom stereocenters. The maximum absolute atomic E-state index is 11.0. The fourth-order valence-electron chi connectivity index (χ4n) is 1.35. The molecule has 1 aromatic rings. The summed E-state index contributed by atoms with van der Waals surface area (Å²) in [6, 6.07) is 9.77. The number of benzene rings is 1. The molecule has 0 aliphatic carbocycles. The molecule has 0 aromatic heterocycles. The van der Waals surface area contributed by atoms with Gasteiger partial charge in [0.25, 0.3) is 0 Å². The van der Waals surface area contributed by atoms with Gasteiger partial charge in [0.05, 0.1) is 5.41 Å². The highest BCUT2D eigenvalue weighted by Gasteiger charge is 2.21. The molecule has 0 bridgehead atoms. The first-order chi connectivity index (χ1) is 6.23. The highest BCUT2D eigenvalue weighted by molar-refractivity contribution is 5.71. The van der Waals surface area contributed by atoms with Crippen LogP contribution in [0.25, 0.3) is 0 Å². The second kappa shape index (κ2) is 4.04.